The number of hydrogen-bond donors (Lipinski definition) is 2. The zero-order valence-corrected chi connectivity index (χ0v) is 8.86. The van der Waals surface area contributed by atoms with Crippen LogP contribution in [0.25, 0.3) is 0 Å². The van der Waals surface area contributed by atoms with Crippen molar-refractivity contribution in [2.45, 2.75) is 13.8 Å². The lowest BCUT2D eigenvalue weighted by atomic mass is 10.2. The highest BCUT2D eigenvalue weighted by Crippen LogP contribution is 2.21. The van der Waals surface area contributed by atoms with Crippen molar-refractivity contribution in [2.75, 3.05) is 11.9 Å². The number of phenols is 1. The van der Waals surface area contributed by atoms with E-state index in [1.807, 2.05) is 13.8 Å². The quantitative estimate of drug-likeness (QED) is 0.752. The Morgan fingerprint density at radius 2 is 2.13 bits per heavy atom. The Labute approximate surface area is 88.9 Å². The number of para-hydroxylation sites is 2. The van der Waals surface area contributed by atoms with Crippen molar-refractivity contribution in [3.05, 3.63) is 24.3 Å². The minimum absolute atomic E-state index is 0.0268. The van der Waals surface area contributed by atoms with Crippen molar-refractivity contribution >= 4 is 11.8 Å². The molecule has 1 aromatic rings. The number of hydrogen-bond acceptors (Lipinski definition) is 3. The van der Waals surface area contributed by atoms with Crippen LogP contribution in [0.3, 0.4) is 0 Å². The molecule has 0 unspecified atom stereocenters. The molecule has 0 aliphatic carbocycles. The number of carbonyl (C=O) groups is 1. The molecule has 82 valence electrons. The summed E-state index contributed by atoms with van der Waals surface area (Å²) >= 11 is 0. The molecule has 0 fully saturated rings. The molecule has 4 nitrogen and oxygen atoms in total. The molecule has 0 aliphatic heterocycles. The van der Waals surface area contributed by atoms with Crippen LogP contribution in [0.4, 0.5) is 10.5 Å². The molecule has 15 heavy (non-hydrogen) atoms. The van der Waals surface area contributed by atoms with E-state index in [1.165, 1.54) is 6.07 Å². The fraction of sp³-hybridized carbons (Fsp3) is 0.364. The summed E-state index contributed by atoms with van der Waals surface area (Å²) in [7, 11) is 0. The zero-order valence-electron chi connectivity index (χ0n) is 8.86. The fourth-order valence-electron chi connectivity index (χ4n) is 0.968. The first-order chi connectivity index (χ1) is 7.09. The predicted molar refractivity (Wildman–Crippen MR) is 57.9 cm³/mol. The summed E-state index contributed by atoms with van der Waals surface area (Å²) in [6.45, 7) is 4.26. The molecule has 4 heteroatoms. The molecule has 1 rings (SSSR count). The highest BCUT2D eigenvalue weighted by Gasteiger charge is 2.06. The Morgan fingerprint density at radius 1 is 1.47 bits per heavy atom. The van der Waals surface area contributed by atoms with Gasteiger partial charge in [-0.05, 0) is 18.1 Å². The van der Waals surface area contributed by atoms with Crippen molar-refractivity contribution in [1.29, 1.82) is 0 Å². The molecule has 1 amide bonds. The van der Waals surface area contributed by atoms with Gasteiger partial charge in [0.2, 0.25) is 0 Å². The molecule has 0 radical (unpaired) electrons. The van der Waals surface area contributed by atoms with Crippen LogP contribution < -0.4 is 5.32 Å². The highest BCUT2D eigenvalue weighted by molar-refractivity contribution is 5.86. The van der Waals surface area contributed by atoms with E-state index >= 15 is 0 Å². The third-order valence-corrected chi connectivity index (χ3v) is 1.69. The largest absolute Gasteiger partial charge is 0.506 e. The standard InChI is InChI=1S/C11H15NO3/c1-8(2)7-15-11(14)12-9-5-3-4-6-10(9)13/h3-6,8,13H,7H2,1-2H3,(H,12,14). The minimum Gasteiger partial charge on any atom is -0.506 e. The van der Waals surface area contributed by atoms with Crippen LogP contribution in [0.5, 0.6) is 5.75 Å². The summed E-state index contributed by atoms with van der Waals surface area (Å²) in [5, 5.41) is 11.8. The van der Waals surface area contributed by atoms with Crippen LogP contribution in [0.15, 0.2) is 24.3 Å². The van der Waals surface area contributed by atoms with Gasteiger partial charge in [-0.2, -0.15) is 0 Å². The maximum Gasteiger partial charge on any atom is 0.411 e. The smallest absolute Gasteiger partial charge is 0.411 e. The van der Waals surface area contributed by atoms with Gasteiger partial charge in [0.25, 0.3) is 0 Å². The lowest BCUT2D eigenvalue weighted by molar-refractivity contribution is 0.147. The molecule has 1 aromatic carbocycles. The second-order valence-electron chi connectivity index (χ2n) is 3.63. The minimum atomic E-state index is -0.551. The van der Waals surface area contributed by atoms with Crippen LogP contribution in [-0.4, -0.2) is 17.8 Å². The molecule has 0 atom stereocenters. The van der Waals surface area contributed by atoms with Crippen molar-refractivity contribution in [3.8, 4) is 5.75 Å². The van der Waals surface area contributed by atoms with E-state index in [0.717, 1.165) is 0 Å². The number of aromatic hydroxyl groups is 1. The second-order valence-corrected chi connectivity index (χ2v) is 3.63. The normalized spacial score (nSPS) is 10.1. The molecule has 0 bridgehead atoms. The number of amides is 1. The van der Waals surface area contributed by atoms with E-state index in [1.54, 1.807) is 18.2 Å². The van der Waals surface area contributed by atoms with Crippen LogP contribution in [0.1, 0.15) is 13.8 Å². The van der Waals surface area contributed by atoms with Crippen molar-refractivity contribution in [1.82, 2.24) is 0 Å². The van der Waals surface area contributed by atoms with Crippen LogP contribution in [0, 0.1) is 5.92 Å². The Morgan fingerprint density at radius 3 is 2.73 bits per heavy atom. The van der Waals surface area contributed by atoms with Crippen molar-refractivity contribution in [3.63, 3.8) is 0 Å². The van der Waals surface area contributed by atoms with Gasteiger partial charge in [0.15, 0.2) is 0 Å². The number of rotatable bonds is 3. The maximum absolute atomic E-state index is 11.2. The topological polar surface area (TPSA) is 58.6 Å². The molecule has 0 aliphatic rings. The molecule has 2 N–H and O–H groups in total. The number of benzene rings is 1. The Hall–Kier alpha value is -1.71. The second kappa shape index (κ2) is 5.24. The van der Waals surface area contributed by atoms with Gasteiger partial charge >= 0.3 is 6.09 Å². The molecule has 0 saturated carbocycles. The van der Waals surface area contributed by atoms with Gasteiger partial charge in [-0.1, -0.05) is 26.0 Å². The van der Waals surface area contributed by atoms with Crippen molar-refractivity contribution < 1.29 is 14.6 Å². The lowest BCUT2D eigenvalue weighted by Crippen LogP contribution is -2.16. The summed E-state index contributed by atoms with van der Waals surface area (Å²) in [6.07, 6.45) is -0.551. The summed E-state index contributed by atoms with van der Waals surface area (Å²) in [6, 6.07) is 6.50. The number of anilines is 1. The van der Waals surface area contributed by atoms with E-state index in [-0.39, 0.29) is 5.75 Å². The average molecular weight is 209 g/mol. The Balaban J connectivity index is 2.48. The van der Waals surface area contributed by atoms with Gasteiger partial charge in [-0.15, -0.1) is 0 Å². The SMILES string of the molecule is CC(C)COC(=O)Nc1ccccc1O. The lowest BCUT2D eigenvalue weighted by Gasteiger charge is -2.09. The molecule has 0 spiro atoms. The first-order valence-corrected chi connectivity index (χ1v) is 4.81. The molecular formula is C11H15NO3. The van der Waals surface area contributed by atoms with Crippen LogP contribution in [-0.2, 0) is 4.74 Å². The third kappa shape index (κ3) is 3.89. The first kappa shape index (κ1) is 11.4. The predicted octanol–water partition coefficient (Wildman–Crippen LogP) is 2.60. The monoisotopic (exact) mass is 209 g/mol. The van der Waals surface area contributed by atoms with Gasteiger partial charge in [0, 0.05) is 0 Å². The van der Waals surface area contributed by atoms with Gasteiger partial charge in [-0.25, -0.2) is 4.79 Å². The molecule has 0 heterocycles. The van der Waals surface area contributed by atoms with Crippen molar-refractivity contribution in [2.24, 2.45) is 5.92 Å². The number of carbonyl (C=O) groups excluding carboxylic acids is 1. The zero-order chi connectivity index (χ0) is 11.3. The molecular weight excluding hydrogens is 194 g/mol. The highest BCUT2D eigenvalue weighted by atomic mass is 16.5. The maximum atomic E-state index is 11.2. The van der Waals surface area contributed by atoms with Gasteiger partial charge in [0.05, 0.1) is 12.3 Å². The molecule has 0 aromatic heterocycles. The number of phenolic OH excluding ortho intramolecular Hbond substituents is 1. The summed E-state index contributed by atoms with van der Waals surface area (Å²) in [5.41, 5.74) is 0.353. The Bertz CT molecular complexity index is 336. The van der Waals surface area contributed by atoms with E-state index in [2.05, 4.69) is 5.32 Å². The fourth-order valence-corrected chi connectivity index (χ4v) is 0.968. The van der Waals surface area contributed by atoms with E-state index in [4.69, 9.17) is 4.74 Å². The summed E-state index contributed by atoms with van der Waals surface area (Å²) < 4.78 is 4.90. The van der Waals surface area contributed by atoms with E-state index in [0.29, 0.717) is 18.2 Å². The van der Waals surface area contributed by atoms with Crippen LogP contribution in [0.2, 0.25) is 0 Å². The number of ether oxygens (including phenoxy) is 1. The van der Waals surface area contributed by atoms with Gasteiger partial charge in [0.1, 0.15) is 5.75 Å². The van der Waals surface area contributed by atoms with Crippen LogP contribution >= 0.6 is 0 Å². The average Bonchev–Trinajstić information content (AvgIpc) is 2.18. The van der Waals surface area contributed by atoms with Gasteiger partial charge < -0.3 is 9.84 Å². The summed E-state index contributed by atoms with van der Waals surface area (Å²) in [5.74, 6) is 0.319. The first-order valence-electron chi connectivity index (χ1n) is 4.81. The Kier molecular flexibility index (Phi) is 3.97. The van der Waals surface area contributed by atoms with E-state index in [9.17, 15) is 9.90 Å². The van der Waals surface area contributed by atoms with Gasteiger partial charge in [-0.3, -0.25) is 5.32 Å². The third-order valence-electron chi connectivity index (χ3n) is 1.69. The molecule has 0 saturated heterocycles. The number of nitrogens with one attached hydrogen (secondary N) is 1. The van der Waals surface area contributed by atoms with E-state index < -0.39 is 6.09 Å². The summed E-state index contributed by atoms with van der Waals surface area (Å²) in [4.78, 5) is 11.2.